The van der Waals surface area contributed by atoms with E-state index in [1.54, 1.807) is 11.3 Å². The predicted molar refractivity (Wildman–Crippen MR) is 77.1 cm³/mol. The summed E-state index contributed by atoms with van der Waals surface area (Å²) in [5.41, 5.74) is 1.09. The number of aryl methyl sites for hydroxylation is 1. The minimum atomic E-state index is 0.690. The van der Waals surface area contributed by atoms with Crippen LogP contribution in [-0.2, 0) is 13.0 Å². The van der Waals surface area contributed by atoms with Crippen LogP contribution < -0.4 is 5.32 Å². The molecule has 4 nitrogen and oxygen atoms in total. The van der Waals surface area contributed by atoms with Crippen LogP contribution in [0.5, 0.6) is 0 Å². The Kier molecular flexibility index (Phi) is 4.99. The first-order chi connectivity index (χ1) is 8.83. The molecule has 2 rings (SSSR count). The molecular weight excluding hydrogens is 244 g/mol. The van der Waals surface area contributed by atoms with Crippen molar-refractivity contribution in [2.75, 3.05) is 19.6 Å². The maximum Gasteiger partial charge on any atom is 0.194 e. The lowest BCUT2D eigenvalue weighted by Crippen LogP contribution is -2.39. The molecule has 1 fully saturated rings. The lowest BCUT2D eigenvalue weighted by Gasteiger charge is -2.20. The minimum Gasteiger partial charge on any atom is -0.357 e. The lowest BCUT2D eigenvalue weighted by molar-refractivity contribution is 0.493. The molecule has 1 aliphatic rings. The highest BCUT2D eigenvalue weighted by molar-refractivity contribution is 7.09. The van der Waals surface area contributed by atoms with Gasteiger partial charge in [-0.05, 0) is 26.2 Å². The topological polar surface area (TPSA) is 40.5 Å². The summed E-state index contributed by atoms with van der Waals surface area (Å²) in [4.78, 5) is 11.6. The molecule has 0 spiro atoms. The third kappa shape index (κ3) is 3.45. The molecule has 0 bridgehead atoms. The number of rotatable bonds is 4. The number of aromatic nitrogens is 1. The average molecular weight is 266 g/mol. The fourth-order valence-electron chi connectivity index (χ4n) is 2.09. The standard InChI is InChI=1S/C13H22N4S/c1-3-12-16-11(10-18-12)9-15-13(14-4-2)17-7-5-6-8-17/h10H,3-9H2,1-2H3,(H,14,15). The Labute approximate surface area is 113 Å². The van der Waals surface area contributed by atoms with Gasteiger partial charge in [-0.1, -0.05) is 6.92 Å². The molecule has 1 aromatic rings. The Morgan fingerprint density at radius 2 is 2.22 bits per heavy atom. The van der Waals surface area contributed by atoms with Crippen LogP contribution in [0.4, 0.5) is 0 Å². The Morgan fingerprint density at radius 1 is 1.44 bits per heavy atom. The highest BCUT2D eigenvalue weighted by Gasteiger charge is 2.15. The first kappa shape index (κ1) is 13.3. The van der Waals surface area contributed by atoms with Gasteiger partial charge in [0, 0.05) is 25.0 Å². The summed E-state index contributed by atoms with van der Waals surface area (Å²) >= 11 is 1.73. The third-order valence-corrected chi connectivity index (χ3v) is 4.08. The zero-order valence-corrected chi connectivity index (χ0v) is 12.1. The third-order valence-electron chi connectivity index (χ3n) is 3.03. The molecule has 0 unspecified atom stereocenters. The molecule has 100 valence electrons. The summed E-state index contributed by atoms with van der Waals surface area (Å²) in [5, 5.41) is 6.69. The van der Waals surface area contributed by atoms with Crippen molar-refractivity contribution in [1.82, 2.24) is 15.2 Å². The molecule has 0 amide bonds. The molecule has 0 saturated carbocycles. The van der Waals surface area contributed by atoms with Crippen LogP contribution in [0.3, 0.4) is 0 Å². The highest BCUT2D eigenvalue weighted by atomic mass is 32.1. The van der Waals surface area contributed by atoms with Crippen molar-refractivity contribution in [1.29, 1.82) is 0 Å². The van der Waals surface area contributed by atoms with Gasteiger partial charge >= 0.3 is 0 Å². The van der Waals surface area contributed by atoms with Crippen molar-refractivity contribution < 1.29 is 0 Å². The molecule has 2 heterocycles. The van der Waals surface area contributed by atoms with Crippen molar-refractivity contribution >= 4 is 17.3 Å². The van der Waals surface area contributed by atoms with E-state index in [0.717, 1.165) is 37.7 Å². The number of thiazole rings is 1. The quantitative estimate of drug-likeness (QED) is 0.671. The van der Waals surface area contributed by atoms with Crippen LogP contribution in [0.25, 0.3) is 0 Å². The van der Waals surface area contributed by atoms with Gasteiger partial charge in [-0.15, -0.1) is 11.3 Å². The summed E-state index contributed by atoms with van der Waals surface area (Å²) in [6.45, 7) is 8.12. The number of hydrogen-bond acceptors (Lipinski definition) is 3. The van der Waals surface area contributed by atoms with E-state index in [0.29, 0.717) is 6.54 Å². The fourth-order valence-corrected chi connectivity index (χ4v) is 2.83. The van der Waals surface area contributed by atoms with Crippen LogP contribution in [0.15, 0.2) is 10.4 Å². The normalized spacial score (nSPS) is 16.3. The monoisotopic (exact) mass is 266 g/mol. The fraction of sp³-hybridized carbons (Fsp3) is 0.692. The van der Waals surface area contributed by atoms with E-state index in [2.05, 4.69) is 39.4 Å². The highest BCUT2D eigenvalue weighted by Crippen LogP contribution is 2.12. The second kappa shape index (κ2) is 6.73. The van der Waals surface area contributed by atoms with E-state index in [-0.39, 0.29) is 0 Å². The van der Waals surface area contributed by atoms with Gasteiger partial charge in [0.15, 0.2) is 5.96 Å². The van der Waals surface area contributed by atoms with Gasteiger partial charge in [-0.25, -0.2) is 9.98 Å². The van der Waals surface area contributed by atoms with E-state index in [4.69, 9.17) is 0 Å². The van der Waals surface area contributed by atoms with Crippen molar-refractivity contribution in [2.24, 2.45) is 4.99 Å². The molecular formula is C13H22N4S. The largest absolute Gasteiger partial charge is 0.357 e. The Bertz CT molecular complexity index is 393. The maximum atomic E-state index is 4.69. The molecule has 0 atom stereocenters. The summed E-state index contributed by atoms with van der Waals surface area (Å²) in [6.07, 6.45) is 3.57. The Balaban J connectivity index is 1.98. The van der Waals surface area contributed by atoms with Crippen LogP contribution in [-0.4, -0.2) is 35.5 Å². The van der Waals surface area contributed by atoms with Crippen molar-refractivity contribution in [3.8, 4) is 0 Å². The summed E-state index contributed by atoms with van der Waals surface area (Å²) < 4.78 is 0. The van der Waals surface area contributed by atoms with Gasteiger partial charge in [-0.2, -0.15) is 0 Å². The van der Waals surface area contributed by atoms with Gasteiger partial charge in [0.1, 0.15) is 0 Å². The number of nitrogens with zero attached hydrogens (tertiary/aromatic N) is 3. The van der Waals surface area contributed by atoms with Crippen LogP contribution in [0, 0.1) is 0 Å². The van der Waals surface area contributed by atoms with Crippen molar-refractivity contribution in [3.63, 3.8) is 0 Å². The molecule has 1 aromatic heterocycles. The molecule has 0 radical (unpaired) electrons. The second-order valence-electron chi connectivity index (χ2n) is 4.45. The molecule has 1 N–H and O–H groups in total. The van der Waals surface area contributed by atoms with E-state index in [1.807, 2.05) is 0 Å². The number of aliphatic imine (C=N–C) groups is 1. The van der Waals surface area contributed by atoms with Gasteiger partial charge in [0.25, 0.3) is 0 Å². The first-order valence-corrected chi connectivity index (χ1v) is 7.68. The molecule has 18 heavy (non-hydrogen) atoms. The minimum absolute atomic E-state index is 0.690. The zero-order valence-electron chi connectivity index (χ0n) is 11.3. The summed E-state index contributed by atoms with van der Waals surface area (Å²) in [6, 6.07) is 0. The van der Waals surface area contributed by atoms with Crippen LogP contribution in [0.1, 0.15) is 37.4 Å². The Morgan fingerprint density at radius 3 is 2.83 bits per heavy atom. The molecule has 0 aliphatic carbocycles. The molecule has 1 saturated heterocycles. The average Bonchev–Trinajstić information content (AvgIpc) is 3.05. The second-order valence-corrected chi connectivity index (χ2v) is 5.39. The van der Waals surface area contributed by atoms with Crippen molar-refractivity contribution in [2.45, 2.75) is 39.7 Å². The Hall–Kier alpha value is -1.10. The van der Waals surface area contributed by atoms with E-state index in [1.165, 1.54) is 17.8 Å². The zero-order chi connectivity index (χ0) is 12.8. The number of likely N-dealkylation sites (tertiary alicyclic amines) is 1. The van der Waals surface area contributed by atoms with Crippen LogP contribution >= 0.6 is 11.3 Å². The summed E-state index contributed by atoms with van der Waals surface area (Å²) in [7, 11) is 0. The lowest BCUT2D eigenvalue weighted by atomic mass is 10.4. The summed E-state index contributed by atoms with van der Waals surface area (Å²) in [5.74, 6) is 1.04. The SMILES string of the molecule is CCNC(=NCc1csc(CC)n1)N1CCCC1. The number of hydrogen-bond donors (Lipinski definition) is 1. The van der Waals surface area contributed by atoms with Crippen molar-refractivity contribution in [3.05, 3.63) is 16.1 Å². The van der Waals surface area contributed by atoms with E-state index >= 15 is 0 Å². The van der Waals surface area contributed by atoms with Gasteiger partial charge in [-0.3, -0.25) is 0 Å². The molecule has 1 aliphatic heterocycles. The maximum absolute atomic E-state index is 4.69. The smallest absolute Gasteiger partial charge is 0.194 e. The van der Waals surface area contributed by atoms with E-state index < -0.39 is 0 Å². The van der Waals surface area contributed by atoms with Crippen LogP contribution in [0.2, 0.25) is 0 Å². The molecule has 0 aromatic carbocycles. The van der Waals surface area contributed by atoms with Gasteiger partial charge < -0.3 is 10.2 Å². The van der Waals surface area contributed by atoms with E-state index in [9.17, 15) is 0 Å². The van der Waals surface area contributed by atoms with Gasteiger partial charge in [0.2, 0.25) is 0 Å². The van der Waals surface area contributed by atoms with Gasteiger partial charge in [0.05, 0.1) is 17.2 Å². The first-order valence-electron chi connectivity index (χ1n) is 6.80. The molecule has 5 heteroatoms. The predicted octanol–water partition coefficient (Wildman–Crippen LogP) is 2.27. The number of guanidine groups is 1. The number of nitrogens with one attached hydrogen (secondary N) is 1.